The molecule has 0 radical (unpaired) electrons. The number of carbonyl (C=O) groups is 1. The Balaban J connectivity index is 3.14. The molecule has 0 spiro atoms. The van der Waals surface area contributed by atoms with E-state index in [9.17, 15) is 4.79 Å². The van der Waals surface area contributed by atoms with Crippen molar-refractivity contribution in [3.8, 4) is 0 Å². The summed E-state index contributed by atoms with van der Waals surface area (Å²) in [5.74, 6) is -0.0568. The lowest BCUT2D eigenvalue weighted by Gasteiger charge is -2.04. The Morgan fingerprint density at radius 2 is 2.25 bits per heavy atom. The van der Waals surface area contributed by atoms with E-state index < -0.39 is 0 Å². The number of hydrogen-bond acceptors (Lipinski definition) is 2. The van der Waals surface area contributed by atoms with E-state index in [2.05, 4.69) is 29.5 Å². The number of alkyl halides is 1. The zero-order valence-electron chi connectivity index (χ0n) is 7.81. The zero-order chi connectivity index (χ0) is 9.40. The average Bonchev–Trinajstić information content (AvgIpc) is 1.98. The second kappa shape index (κ2) is 7.83. The van der Waals surface area contributed by atoms with Crippen LogP contribution in [-0.4, -0.2) is 16.5 Å². The van der Waals surface area contributed by atoms with Gasteiger partial charge in [-0.05, 0) is 19.3 Å². The van der Waals surface area contributed by atoms with Gasteiger partial charge in [-0.1, -0.05) is 36.4 Å². The minimum Gasteiger partial charge on any atom is -0.466 e. The molecular weight excluding hydrogens is 267 g/mol. The van der Waals surface area contributed by atoms with Gasteiger partial charge in [-0.25, -0.2) is 0 Å². The van der Waals surface area contributed by atoms with Crippen LogP contribution < -0.4 is 0 Å². The van der Waals surface area contributed by atoms with Crippen LogP contribution >= 0.6 is 22.6 Å². The minimum absolute atomic E-state index is 0.0568. The molecule has 0 amide bonds. The standard InChI is InChI=1S/C9H17IO2/c1-3-5-9(11)12-7-4-6-8(2)10/h8H,3-7H2,1-2H3. The van der Waals surface area contributed by atoms with Crippen LogP contribution in [0.25, 0.3) is 0 Å². The van der Waals surface area contributed by atoms with E-state index >= 15 is 0 Å². The fourth-order valence-electron chi connectivity index (χ4n) is 0.827. The van der Waals surface area contributed by atoms with Crippen molar-refractivity contribution >= 4 is 28.6 Å². The third-order valence-corrected chi connectivity index (χ3v) is 2.09. The third kappa shape index (κ3) is 8.30. The molecule has 0 aliphatic rings. The molecule has 0 N–H and O–H groups in total. The summed E-state index contributed by atoms with van der Waals surface area (Å²) in [4.78, 5) is 10.9. The maximum Gasteiger partial charge on any atom is 0.305 e. The fourth-order valence-corrected chi connectivity index (χ4v) is 1.27. The maximum atomic E-state index is 10.9. The highest BCUT2D eigenvalue weighted by Gasteiger charge is 2.00. The minimum atomic E-state index is -0.0568. The van der Waals surface area contributed by atoms with Gasteiger partial charge in [-0.3, -0.25) is 4.79 Å². The van der Waals surface area contributed by atoms with Crippen molar-refractivity contribution < 1.29 is 9.53 Å². The lowest BCUT2D eigenvalue weighted by Crippen LogP contribution is -2.06. The molecule has 0 rings (SSSR count). The van der Waals surface area contributed by atoms with E-state index in [4.69, 9.17) is 4.74 Å². The first-order chi connectivity index (χ1) is 5.66. The van der Waals surface area contributed by atoms with Crippen molar-refractivity contribution in [1.82, 2.24) is 0 Å². The van der Waals surface area contributed by atoms with E-state index in [1.807, 2.05) is 6.92 Å². The molecule has 12 heavy (non-hydrogen) atoms. The van der Waals surface area contributed by atoms with Gasteiger partial charge in [0.15, 0.2) is 0 Å². The molecule has 0 aromatic carbocycles. The van der Waals surface area contributed by atoms with E-state index in [1.54, 1.807) is 0 Å². The van der Waals surface area contributed by atoms with Crippen molar-refractivity contribution in [2.24, 2.45) is 0 Å². The highest BCUT2D eigenvalue weighted by atomic mass is 127. The lowest BCUT2D eigenvalue weighted by atomic mass is 10.3. The van der Waals surface area contributed by atoms with Crippen LogP contribution in [0.4, 0.5) is 0 Å². The Morgan fingerprint density at radius 3 is 2.75 bits per heavy atom. The summed E-state index contributed by atoms with van der Waals surface area (Å²) in [6.45, 7) is 4.73. The second-order valence-electron chi connectivity index (χ2n) is 2.89. The first kappa shape index (κ1) is 12.2. The van der Waals surface area contributed by atoms with Crippen molar-refractivity contribution in [3.05, 3.63) is 0 Å². The Bertz CT molecular complexity index is 124. The molecule has 0 saturated heterocycles. The van der Waals surface area contributed by atoms with Gasteiger partial charge in [0.2, 0.25) is 0 Å². The summed E-state index contributed by atoms with van der Waals surface area (Å²) in [5.41, 5.74) is 0. The molecule has 0 fully saturated rings. The molecule has 0 bridgehead atoms. The van der Waals surface area contributed by atoms with Gasteiger partial charge in [-0.2, -0.15) is 0 Å². The number of hydrogen-bond donors (Lipinski definition) is 0. The van der Waals surface area contributed by atoms with Gasteiger partial charge in [-0.15, -0.1) is 0 Å². The topological polar surface area (TPSA) is 26.3 Å². The number of ether oxygens (including phenoxy) is 1. The van der Waals surface area contributed by atoms with E-state index in [0.717, 1.165) is 19.3 Å². The molecular formula is C9H17IO2. The quantitative estimate of drug-likeness (QED) is 0.324. The molecule has 72 valence electrons. The Hall–Kier alpha value is 0.200. The van der Waals surface area contributed by atoms with Crippen LogP contribution in [0.5, 0.6) is 0 Å². The monoisotopic (exact) mass is 284 g/mol. The summed E-state index contributed by atoms with van der Waals surface area (Å²) in [6.07, 6.45) is 3.54. The molecule has 0 aromatic rings. The predicted molar refractivity (Wildman–Crippen MR) is 58.6 cm³/mol. The van der Waals surface area contributed by atoms with Gasteiger partial charge in [0, 0.05) is 10.3 Å². The third-order valence-electron chi connectivity index (χ3n) is 1.46. The molecule has 0 aromatic heterocycles. The van der Waals surface area contributed by atoms with E-state index in [0.29, 0.717) is 17.0 Å². The number of halogens is 1. The Kier molecular flexibility index (Phi) is 7.96. The molecule has 3 heteroatoms. The van der Waals surface area contributed by atoms with Gasteiger partial charge in [0.05, 0.1) is 6.61 Å². The van der Waals surface area contributed by atoms with Crippen molar-refractivity contribution in [2.45, 2.75) is 43.5 Å². The molecule has 0 aliphatic heterocycles. The normalized spacial score (nSPS) is 12.6. The summed E-state index contributed by atoms with van der Waals surface area (Å²) in [5, 5.41) is 0. The average molecular weight is 284 g/mol. The Morgan fingerprint density at radius 1 is 1.58 bits per heavy atom. The van der Waals surface area contributed by atoms with Crippen LogP contribution in [0, 0.1) is 0 Å². The van der Waals surface area contributed by atoms with Gasteiger partial charge in [0.1, 0.15) is 0 Å². The molecule has 0 saturated carbocycles. The molecule has 2 nitrogen and oxygen atoms in total. The maximum absolute atomic E-state index is 10.9. The van der Waals surface area contributed by atoms with E-state index in [-0.39, 0.29) is 5.97 Å². The van der Waals surface area contributed by atoms with Crippen molar-refractivity contribution in [2.75, 3.05) is 6.61 Å². The molecule has 0 aliphatic carbocycles. The fraction of sp³-hybridized carbons (Fsp3) is 0.889. The SMILES string of the molecule is CCCC(=O)OCCCC(C)I. The predicted octanol–water partition coefficient (Wildman–Crippen LogP) is 2.93. The van der Waals surface area contributed by atoms with E-state index in [1.165, 1.54) is 0 Å². The Labute approximate surface area is 88.2 Å². The zero-order valence-corrected chi connectivity index (χ0v) is 9.96. The largest absolute Gasteiger partial charge is 0.466 e. The number of rotatable bonds is 6. The van der Waals surface area contributed by atoms with Crippen LogP contribution in [0.15, 0.2) is 0 Å². The first-order valence-corrected chi connectivity index (χ1v) is 5.71. The number of esters is 1. The molecule has 1 atom stereocenters. The summed E-state index contributed by atoms with van der Waals surface area (Å²) >= 11 is 2.38. The molecule has 0 heterocycles. The van der Waals surface area contributed by atoms with Crippen LogP contribution in [-0.2, 0) is 9.53 Å². The van der Waals surface area contributed by atoms with Crippen LogP contribution in [0.3, 0.4) is 0 Å². The van der Waals surface area contributed by atoms with Crippen LogP contribution in [0.2, 0.25) is 0 Å². The number of carbonyl (C=O) groups excluding carboxylic acids is 1. The second-order valence-corrected chi connectivity index (χ2v) is 5.02. The summed E-state index contributed by atoms with van der Waals surface area (Å²) in [6, 6.07) is 0. The van der Waals surface area contributed by atoms with Crippen molar-refractivity contribution in [1.29, 1.82) is 0 Å². The molecule has 1 unspecified atom stereocenters. The van der Waals surface area contributed by atoms with Gasteiger partial charge in [0.25, 0.3) is 0 Å². The van der Waals surface area contributed by atoms with Crippen molar-refractivity contribution in [3.63, 3.8) is 0 Å². The summed E-state index contributed by atoms with van der Waals surface area (Å²) < 4.78 is 5.66. The van der Waals surface area contributed by atoms with Crippen LogP contribution in [0.1, 0.15) is 39.5 Å². The summed E-state index contributed by atoms with van der Waals surface area (Å²) in [7, 11) is 0. The highest BCUT2D eigenvalue weighted by Crippen LogP contribution is 2.07. The van der Waals surface area contributed by atoms with Gasteiger partial charge < -0.3 is 4.74 Å². The lowest BCUT2D eigenvalue weighted by molar-refractivity contribution is -0.143. The smallest absolute Gasteiger partial charge is 0.305 e. The highest BCUT2D eigenvalue weighted by molar-refractivity contribution is 14.1. The first-order valence-electron chi connectivity index (χ1n) is 4.46. The van der Waals surface area contributed by atoms with Gasteiger partial charge >= 0.3 is 5.97 Å².